The molecule has 4 nitrogen and oxygen atoms in total. The fourth-order valence-electron chi connectivity index (χ4n) is 0.109. The van der Waals surface area contributed by atoms with E-state index in [1.807, 2.05) is 0 Å². The molecule has 0 rings (SSSR count). The van der Waals surface area contributed by atoms with Gasteiger partial charge in [-0.3, -0.25) is 9.59 Å². The highest BCUT2D eigenvalue weighted by molar-refractivity contribution is 8.56. The van der Waals surface area contributed by atoms with E-state index in [9.17, 15) is 9.59 Å². The van der Waals surface area contributed by atoms with Gasteiger partial charge in [0.2, 0.25) is 0 Å². The highest BCUT2D eigenvalue weighted by Crippen LogP contribution is 2.29. The molecule has 0 unspecified atom stereocenters. The van der Waals surface area contributed by atoms with Crippen LogP contribution in [0.2, 0.25) is 0 Å². The molecule has 0 spiro atoms. The Bertz CT molecular complexity index is 113. The highest BCUT2D eigenvalue weighted by atomic mass is 35.7. The molecule has 0 saturated carbocycles. The lowest BCUT2D eigenvalue weighted by atomic mass is 11.4. The maximum absolute atomic E-state index is 9.96. The van der Waals surface area contributed by atoms with Crippen LogP contribution >= 0.6 is 20.8 Å². The van der Waals surface area contributed by atoms with Crippen molar-refractivity contribution in [3.63, 3.8) is 0 Å². The van der Waals surface area contributed by atoms with E-state index in [1.165, 1.54) is 0 Å². The van der Waals surface area contributed by atoms with Crippen molar-refractivity contribution >= 4 is 31.3 Å². The van der Waals surface area contributed by atoms with Crippen LogP contribution in [0.5, 0.6) is 0 Å². The third kappa shape index (κ3) is 2.04. The highest BCUT2D eigenvalue weighted by Gasteiger charge is 2.11. The Morgan fingerprint density at radius 2 is 1.50 bits per heavy atom. The summed E-state index contributed by atoms with van der Waals surface area (Å²) in [7, 11) is 3.12. The Hall–Kier alpha value is -0.420. The summed E-state index contributed by atoms with van der Waals surface area (Å²) in [5.41, 5.74) is 9.19. The molecule has 8 heavy (non-hydrogen) atoms. The van der Waals surface area contributed by atoms with Crippen molar-refractivity contribution in [3.05, 3.63) is 0 Å². The summed E-state index contributed by atoms with van der Waals surface area (Å²) in [6.07, 6.45) is 0. The Morgan fingerprint density at radius 1 is 1.25 bits per heavy atom. The molecule has 0 atom stereocenters. The van der Waals surface area contributed by atoms with Crippen molar-refractivity contribution < 1.29 is 9.59 Å². The van der Waals surface area contributed by atoms with E-state index in [-0.39, 0.29) is 0 Å². The van der Waals surface area contributed by atoms with Gasteiger partial charge in [-0.25, -0.2) is 0 Å². The zero-order valence-electron chi connectivity index (χ0n) is 3.80. The van der Waals surface area contributed by atoms with Crippen LogP contribution < -0.4 is 11.5 Å². The number of amides is 2. The lowest BCUT2D eigenvalue weighted by Gasteiger charge is -1.99. The van der Waals surface area contributed by atoms with Gasteiger partial charge in [-0.15, -0.1) is 0 Å². The van der Waals surface area contributed by atoms with E-state index < -0.39 is 20.6 Å². The fourth-order valence-corrected chi connectivity index (χ4v) is 0.326. The van der Waals surface area contributed by atoms with Crippen LogP contribution in [0.4, 0.5) is 9.59 Å². The van der Waals surface area contributed by atoms with Gasteiger partial charge in [-0.2, -0.15) is 0 Å². The van der Waals surface area contributed by atoms with Crippen LogP contribution in [0, 0.1) is 0 Å². The smallest absolute Gasteiger partial charge is 0.277 e. The van der Waals surface area contributed by atoms with Crippen LogP contribution in [0.3, 0.4) is 0 Å². The average molecular weight is 157 g/mol. The second-order valence-electron chi connectivity index (χ2n) is 0.957. The van der Waals surface area contributed by atoms with Crippen LogP contribution in [0.1, 0.15) is 0 Å². The SMILES string of the molecule is NC(=O)[SH](Cl)C(N)=O. The lowest BCUT2D eigenvalue weighted by Crippen LogP contribution is -2.16. The predicted octanol–water partition coefficient (Wildman–Crippen LogP) is 0.299. The molecule has 0 radical (unpaired) electrons. The van der Waals surface area contributed by atoms with E-state index in [2.05, 4.69) is 11.5 Å². The molecule has 0 saturated heterocycles. The Balaban J connectivity index is 3.83. The Kier molecular flexibility index (Phi) is 2.64. The van der Waals surface area contributed by atoms with E-state index in [0.717, 1.165) is 0 Å². The molecule has 0 aliphatic heterocycles. The third-order valence-electron chi connectivity index (χ3n) is 0.387. The molecule has 0 heterocycles. The number of nitrogens with two attached hydrogens (primary N) is 2. The minimum absolute atomic E-state index is 0.853. The van der Waals surface area contributed by atoms with Crippen molar-refractivity contribution in [2.75, 3.05) is 0 Å². The quantitative estimate of drug-likeness (QED) is 0.441. The molecule has 0 aromatic heterocycles. The van der Waals surface area contributed by atoms with Gasteiger partial charge in [0.25, 0.3) is 10.5 Å². The maximum Gasteiger partial charge on any atom is 0.277 e. The third-order valence-corrected chi connectivity index (χ3v) is 2.16. The van der Waals surface area contributed by atoms with Crippen LogP contribution in [-0.4, -0.2) is 10.5 Å². The van der Waals surface area contributed by atoms with Crippen molar-refractivity contribution in [2.24, 2.45) is 11.5 Å². The van der Waals surface area contributed by atoms with E-state index in [1.54, 1.807) is 0 Å². The molecule has 2 amide bonds. The number of hydrogen-bond donors (Lipinski definition) is 3. The maximum atomic E-state index is 9.96. The largest absolute Gasteiger partial charge is 0.361 e. The first-order valence-corrected chi connectivity index (χ1v) is 3.85. The number of rotatable bonds is 0. The van der Waals surface area contributed by atoms with Gasteiger partial charge in [0, 0.05) is 0 Å². The first-order chi connectivity index (χ1) is 3.55. The molecule has 0 aromatic carbocycles. The van der Waals surface area contributed by atoms with Crippen LogP contribution in [0.25, 0.3) is 0 Å². The monoisotopic (exact) mass is 156 g/mol. The Morgan fingerprint density at radius 3 is 1.50 bits per heavy atom. The zero-order chi connectivity index (χ0) is 6.73. The minimum atomic E-state index is -1.95. The van der Waals surface area contributed by atoms with E-state index in [0.29, 0.717) is 0 Å². The number of carbonyl (C=O) groups is 2. The first kappa shape index (κ1) is 7.58. The minimum Gasteiger partial charge on any atom is -0.361 e. The second-order valence-corrected chi connectivity index (χ2v) is 3.41. The van der Waals surface area contributed by atoms with E-state index >= 15 is 0 Å². The number of halogens is 1. The molecule has 48 valence electrons. The second kappa shape index (κ2) is 2.78. The molecule has 0 aromatic rings. The number of thiol groups is 1. The zero-order valence-corrected chi connectivity index (χ0v) is 5.45. The molecule has 0 fully saturated rings. The van der Waals surface area contributed by atoms with Gasteiger partial charge in [0.1, 0.15) is 0 Å². The summed E-state index contributed by atoms with van der Waals surface area (Å²) < 4.78 is 0. The number of hydrogen-bond acceptors (Lipinski definition) is 2. The standard InChI is InChI=1S/C2H5ClN2O2S/c3-8(1(4)6)2(5)7/h8H,(H2,4,6)(H2,5,7). The summed E-state index contributed by atoms with van der Waals surface area (Å²) in [6.45, 7) is 0. The molecule has 0 aliphatic rings. The van der Waals surface area contributed by atoms with Crippen molar-refractivity contribution in [2.45, 2.75) is 0 Å². The summed E-state index contributed by atoms with van der Waals surface area (Å²) >= 11 is 0. The summed E-state index contributed by atoms with van der Waals surface area (Å²) in [5, 5.41) is -1.71. The van der Waals surface area contributed by atoms with Crippen molar-refractivity contribution in [1.29, 1.82) is 0 Å². The molecular formula is C2H5ClN2O2S. The van der Waals surface area contributed by atoms with Gasteiger partial charge >= 0.3 is 0 Å². The number of carbonyl (C=O) groups excluding carboxylic acids is 2. The van der Waals surface area contributed by atoms with Crippen LogP contribution in [0.15, 0.2) is 0 Å². The average Bonchev–Trinajstić information content (AvgIpc) is 1.64. The van der Waals surface area contributed by atoms with E-state index in [4.69, 9.17) is 10.7 Å². The van der Waals surface area contributed by atoms with Gasteiger partial charge in [-0.05, 0) is 10.1 Å². The molecule has 0 bridgehead atoms. The van der Waals surface area contributed by atoms with Crippen molar-refractivity contribution in [1.82, 2.24) is 0 Å². The van der Waals surface area contributed by atoms with Crippen molar-refractivity contribution in [3.8, 4) is 0 Å². The number of primary amides is 2. The first-order valence-electron chi connectivity index (χ1n) is 1.60. The fraction of sp³-hybridized carbons (Fsp3) is 0. The van der Waals surface area contributed by atoms with Gasteiger partial charge < -0.3 is 11.5 Å². The van der Waals surface area contributed by atoms with Gasteiger partial charge in [0.15, 0.2) is 0 Å². The summed E-state index contributed by atoms with van der Waals surface area (Å²) in [4.78, 5) is 19.9. The van der Waals surface area contributed by atoms with Gasteiger partial charge in [-0.1, -0.05) is 10.7 Å². The Labute approximate surface area is 53.0 Å². The predicted molar refractivity (Wildman–Crippen MR) is 34.0 cm³/mol. The molecule has 4 N–H and O–H groups in total. The summed E-state index contributed by atoms with van der Waals surface area (Å²) in [5.74, 6) is 0. The topological polar surface area (TPSA) is 86.2 Å². The molecule has 6 heteroatoms. The summed E-state index contributed by atoms with van der Waals surface area (Å²) in [6, 6.07) is 0. The lowest BCUT2D eigenvalue weighted by molar-refractivity contribution is 0.264. The molecule has 0 aliphatic carbocycles. The van der Waals surface area contributed by atoms with Gasteiger partial charge in [0.05, 0.1) is 0 Å². The van der Waals surface area contributed by atoms with Crippen LogP contribution in [-0.2, 0) is 0 Å². The molecular weight excluding hydrogens is 152 g/mol. The normalized spacial score (nSPS) is 10.4.